The lowest BCUT2D eigenvalue weighted by Crippen LogP contribution is -2.52. The molecular formula is C20H26ClN5. The Hall–Kier alpha value is -2.27. The molecule has 5 nitrogen and oxygen atoms in total. The van der Waals surface area contributed by atoms with Gasteiger partial charge >= 0.3 is 0 Å². The van der Waals surface area contributed by atoms with Gasteiger partial charge in [-0.1, -0.05) is 29.8 Å². The minimum atomic E-state index is 0.815. The molecule has 0 amide bonds. The summed E-state index contributed by atoms with van der Waals surface area (Å²) in [5, 5.41) is 4.29. The van der Waals surface area contributed by atoms with E-state index in [1.165, 1.54) is 5.56 Å². The van der Waals surface area contributed by atoms with Gasteiger partial charge in [0.2, 0.25) is 0 Å². The average molecular weight is 372 g/mol. The number of halogens is 1. The van der Waals surface area contributed by atoms with Crippen molar-refractivity contribution in [2.24, 2.45) is 4.99 Å². The predicted molar refractivity (Wildman–Crippen MR) is 109 cm³/mol. The normalized spacial score (nSPS) is 15.3. The topological polar surface area (TPSA) is 43.8 Å². The summed E-state index contributed by atoms with van der Waals surface area (Å²) in [5.41, 5.74) is 3.40. The van der Waals surface area contributed by atoms with Crippen LogP contribution in [-0.4, -0.2) is 55.6 Å². The maximum Gasteiger partial charge on any atom is 0.193 e. The number of aromatic nitrogens is 1. The molecule has 2 heterocycles. The molecule has 3 rings (SSSR count). The zero-order chi connectivity index (χ0) is 18.4. The van der Waals surface area contributed by atoms with Gasteiger partial charge in [0.05, 0.1) is 10.7 Å². The Labute approximate surface area is 160 Å². The van der Waals surface area contributed by atoms with Crippen LogP contribution in [0.4, 0.5) is 5.69 Å². The molecule has 1 N–H and O–H groups in total. The van der Waals surface area contributed by atoms with Crippen LogP contribution in [-0.2, 0) is 6.42 Å². The lowest BCUT2D eigenvalue weighted by Gasteiger charge is -2.38. The second kappa shape index (κ2) is 8.90. The average Bonchev–Trinajstić information content (AvgIpc) is 2.67. The van der Waals surface area contributed by atoms with Gasteiger partial charge in [-0.2, -0.15) is 0 Å². The van der Waals surface area contributed by atoms with Crippen molar-refractivity contribution in [2.75, 3.05) is 44.7 Å². The van der Waals surface area contributed by atoms with Gasteiger partial charge in [0.1, 0.15) is 0 Å². The van der Waals surface area contributed by atoms with Crippen LogP contribution < -0.4 is 10.2 Å². The van der Waals surface area contributed by atoms with E-state index in [0.717, 1.165) is 61.5 Å². The highest BCUT2D eigenvalue weighted by Gasteiger charge is 2.20. The Morgan fingerprint density at radius 3 is 2.58 bits per heavy atom. The minimum Gasteiger partial charge on any atom is -0.367 e. The maximum atomic E-state index is 6.32. The fourth-order valence-electron chi connectivity index (χ4n) is 3.16. The van der Waals surface area contributed by atoms with Crippen molar-refractivity contribution >= 4 is 23.2 Å². The zero-order valence-electron chi connectivity index (χ0n) is 15.5. The van der Waals surface area contributed by atoms with E-state index in [0.29, 0.717) is 0 Å². The molecule has 1 fully saturated rings. The standard InChI is InChI=1S/C20H26ClN5/c1-16-7-8-17(15-24-16)9-10-23-20(22-2)26-13-11-25(12-14-26)19-6-4-3-5-18(19)21/h3-8,15H,9-14H2,1-2H3,(H,22,23). The molecule has 0 saturated carbocycles. The van der Waals surface area contributed by atoms with Crippen LogP contribution in [0.15, 0.2) is 47.6 Å². The van der Waals surface area contributed by atoms with Crippen LogP contribution in [0.25, 0.3) is 0 Å². The molecule has 0 radical (unpaired) electrons. The van der Waals surface area contributed by atoms with Crippen molar-refractivity contribution in [3.63, 3.8) is 0 Å². The third-order valence-electron chi connectivity index (χ3n) is 4.65. The molecule has 0 unspecified atom stereocenters. The second-order valence-corrected chi connectivity index (χ2v) is 6.86. The van der Waals surface area contributed by atoms with Gasteiger partial charge in [-0.05, 0) is 37.1 Å². The Kier molecular flexibility index (Phi) is 6.34. The highest BCUT2D eigenvalue weighted by Crippen LogP contribution is 2.25. The number of aryl methyl sites for hydroxylation is 1. The molecule has 2 aromatic rings. The number of para-hydroxylation sites is 1. The maximum absolute atomic E-state index is 6.32. The van der Waals surface area contributed by atoms with Gasteiger partial charge in [0.15, 0.2) is 5.96 Å². The van der Waals surface area contributed by atoms with E-state index in [9.17, 15) is 0 Å². The van der Waals surface area contributed by atoms with Gasteiger partial charge in [0, 0.05) is 51.7 Å². The first-order chi connectivity index (χ1) is 12.7. The number of guanidine groups is 1. The first kappa shape index (κ1) is 18.5. The van der Waals surface area contributed by atoms with E-state index in [4.69, 9.17) is 11.6 Å². The predicted octanol–water partition coefficient (Wildman–Crippen LogP) is 2.98. The van der Waals surface area contributed by atoms with Gasteiger partial charge in [0.25, 0.3) is 0 Å². The molecular weight excluding hydrogens is 346 g/mol. The highest BCUT2D eigenvalue weighted by atomic mass is 35.5. The molecule has 138 valence electrons. The van der Waals surface area contributed by atoms with E-state index in [1.54, 1.807) is 0 Å². The summed E-state index contributed by atoms with van der Waals surface area (Å²) in [7, 11) is 1.84. The third kappa shape index (κ3) is 4.67. The Balaban J connectivity index is 1.49. The first-order valence-corrected chi connectivity index (χ1v) is 9.42. The summed E-state index contributed by atoms with van der Waals surface area (Å²) >= 11 is 6.32. The Morgan fingerprint density at radius 2 is 1.92 bits per heavy atom. The smallest absolute Gasteiger partial charge is 0.193 e. The number of pyridine rings is 1. The van der Waals surface area contributed by atoms with Crippen molar-refractivity contribution in [1.82, 2.24) is 15.2 Å². The lowest BCUT2D eigenvalue weighted by atomic mass is 10.2. The summed E-state index contributed by atoms with van der Waals surface area (Å²) in [6, 6.07) is 12.2. The Morgan fingerprint density at radius 1 is 1.15 bits per heavy atom. The molecule has 1 aromatic heterocycles. The minimum absolute atomic E-state index is 0.815. The summed E-state index contributed by atoms with van der Waals surface area (Å²) < 4.78 is 0. The van der Waals surface area contributed by atoms with Crippen LogP contribution in [0.2, 0.25) is 5.02 Å². The van der Waals surface area contributed by atoms with E-state index in [-0.39, 0.29) is 0 Å². The van der Waals surface area contributed by atoms with Gasteiger partial charge in [-0.3, -0.25) is 9.98 Å². The molecule has 1 aromatic carbocycles. The number of aliphatic imine (C=N–C) groups is 1. The van der Waals surface area contributed by atoms with Crippen LogP contribution in [0.3, 0.4) is 0 Å². The van der Waals surface area contributed by atoms with E-state index < -0.39 is 0 Å². The molecule has 1 aliphatic heterocycles. The zero-order valence-corrected chi connectivity index (χ0v) is 16.2. The number of nitrogens with one attached hydrogen (secondary N) is 1. The van der Waals surface area contributed by atoms with Gasteiger partial charge in [-0.25, -0.2) is 0 Å². The molecule has 6 heteroatoms. The number of benzene rings is 1. The summed E-state index contributed by atoms with van der Waals surface area (Å²) in [5.74, 6) is 0.962. The number of hydrogen-bond acceptors (Lipinski definition) is 3. The third-order valence-corrected chi connectivity index (χ3v) is 4.97. The monoisotopic (exact) mass is 371 g/mol. The van der Waals surface area contributed by atoms with E-state index in [1.807, 2.05) is 38.4 Å². The Bertz CT molecular complexity index is 736. The van der Waals surface area contributed by atoms with Gasteiger partial charge < -0.3 is 15.1 Å². The van der Waals surface area contributed by atoms with Crippen molar-refractivity contribution in [2.45, 2.75) is 13.3 Å². The largest absolute Gasteiger partial charge is 0.367 e. The molecule has 0 atom stereocenters. The van der Waals surface area contributed by atoms with Crippen molar-refractivity contribution in [1.29, 1.82) is 0 Å². The summed E-state index contributed by atoms with van der Waals surface area (Å²) in [6.45, 7) is 6.58. The molecule has 0 spiro atoms. The molecule has 0 bridgehead atoms. The van der Waals surface area contributed by atoms with Crippen LogP contribution in [0, 0.1) is 6.92 Å². The number of piperazine rings is 1. The molecule has 1 aliphatic rings. The van der Waals surface area contributed by atoms with Crippen molar-refractivity contribution in [3.8, 4) is 0 Å². The highest BCUT2D eigenvalue weighted by molar-refractivity contribution is 6.33. The number of nitrogens with zero attached hydrogens (tertiary/aromatic N) is 4. The van der Waals surface area contributed by atoms with E-state index in [2.05, 4.69) is 43.3 Å². The number of anilines is 1. The second-order valence-electron chi connectivity index (χ2n) is 6.46. The lowest BCUT2D eigenvalue weighted by molar-refractivity contribution is 0.373. The van der Waals surface area contributed by atoms with Crippen LogP contribution in [0.5, 0.6) is 0 Å². The number of rotatable bonds is 4. The summed E-state index contributed by atoms with van der Waals surface area (Å²) in [6.07, 6.45) is 2.88. The first-order valence-electron chi connectivity index (χ1n) is 9.04. The van der Waals surface area contributed by atoms with Crippen molar-refractivity contribution in [3.05, 3.63) is 58.9 Å². The van der Waals surface area contributed by atoms with E-state index >= 15 is 0 Å². The molecule has 1 saturated heterocycles. The quantitative estimate of drug-likeness (QED) is 0.662. The SMILES string of the molecule is CN=C(NCCc1ccc(C)nc1)N1CCN(c2ccccc2Cl)CC1. The molecule has 26 heavy (non-hydrogen) atoms. The van der Waals surface area contributed by atoms with Crippen molar-refractivity contribution < 1.29 is 0 Å². The summed E-state index contributed by atoms with van der Waals surface area (Å²) in [4.78, 5) is 13.4. The van der Waals surface area contributed by atoms with Gasteiger partial charge in [-0.15, -0.1) is 0 Å². The van der Waals surface area contributed by atoms with Crippen LogP contribution in [0.1, 0.15) is 11.3 Å². The van der Waals surface area contributed by atoms with Crippen LogP contribution >= 0.6 is 11.6 Å². The fraction of sp³-hybridized carbons (Fsp3) is 0.400. The fourth-order valence-corrected chi connectivity index (χ4v) is 3.42. The molecule has 0 aliphatic carbocycles. The number of hydrogen-bond donors (Lipinski definition) is 1.